The van der Waals surface area contributed by atoms with Gasteiger partial charge in [-0.1, -0.05) is 25.4 Å². The third-order valence-electron chi connectivity index (χ3n) is 2.49. The molecule has 1 aromatic rings. The standard InChI is InChI=1S/C12H15ClN2O3/c1-6(2)10(14)11(16)15-7-3-4-9(13)8(5-7)12(17)18/h3-6,10H,14H2,1-2H3,(H,15,16)(H,17,18)/t10-/m1/s1. The van der Waals surface area contributed by atoms with Crippen LogP contribution in [-0.2, 0) is 4.79 Å². The van der Waals surface area contributed by atoms with Crippen molar-refractivity contribution in [3.63, 3.8) is 0 Å². The SMILES string of the molecule is CC(C)[C@@H](N)C(=O)Nc1ccc(Cl)c(C(=O)O)c1. The summed E-state index contributed by atoms with van der Waals surface area (Å²) in [5, 5.41) is 11.6. The van der Waals surface area contributed by atoms with Crippen LogP contribution in [0.15, 0.2) is 18.2 Å². The van der Waals surface area contributed by atoms with E-state index in [4.69, 9.17) is 22.4 Å². The van der Waals surface area contributed by atoms with Gasteiger partial charge in [0.25, 0.3) is 0 Å². The highest BCUT2D eigenvalue weighted by atomic mass is 35.5. The lowest BCUT2D eigenvalue weighted by molar-refractivity contribution is -0.118. The molecule has 1 atom stereocenters. The zero-order chi connectivity index (χ0) is 13.9. The Kier molecular flexibility index (Phi) is 4.69. The Morgan fingerprint density at radius 2 is 2.00 bits per heavy atom. The van der Waals surface area contributed by atoms with E-state index in [1.54, 1.807) is 0 Å². The Morgan fingerprint density at radius 1 is 1.39 bits per heavy atom. The van der Waals surface area contributed by atoms with Crippen LogP contribution in [-0.4, -0.2) is 23.0 Å². The summed E-state index contributed by atoms with van der Waals surface area (Å²) in [4.78, 5) is 22.6. The summed E-state index contributed by atoms with van der Waals surface area (Å²) in [5.41, 5.74) is 5.98. The quantitative estimate of drug-likeness (QED) is 0.780. The molecule has 0 aliphatic rings. The number of carboxylic acid groups (broad SMARTS) is 1. The molecule has 5 nitrogen and oxygen atoms in total. The number of hydrogen-bond donors (Lipinski definition) is 3. The maximum atomic E-state index is 11.7. The van der Waals surface area contributed by atoms with Crippen molar-refractivity contribution in [2.45, 2.75) is 19.9 Å². The van der Waals surface area contributed by atoms with Gasteiger partial charge in [0.05, 0.1) is 16.6 Å². The summed E-state index contributed by atoms with van der Waals surface area (Å²) in [6.45, 7) is 3.66. The summed E-state index contributed by atoms with van der Waals surface area (Å²) in [6.07, 6.45) is 0. The van der Waals surface area contributed by atoms with Crippen molar-refractivity contribution < 1.29 is 14.7 Å². The monoisotopic (exact) mass is 270 g/mol. The number of hydrogen-bond acceptors (Lipinski definition) is 3. The average molecular weight is 271 g/mol. The van der Waals surface area contributed by atoms with Crippen LogP contribution in [0.4, 0.5) is 5.69 Å². The smallest absolute Gasteiger partial charge is 0.337 e. The number of amides is 1. The molecule has 98 valence electrons. The van der Waals surface area contributed by atoms with Crippen LogP contribution in [0.3, 0.4) is 0 Å². The minimum atomic E-state index is -1.15. The normalized spacial score (nSPS) is 12.3. The molecule has 0 radical (unpaired) electrons. The summed E-state index contributed by atoms with van der Waals surface area (Å²) in [7, 11) is 0. The first-order chi connectivity index (χ1) is 8.32. The molecular formula is C12H15ClN2O3. The summed E-state index contributed by atoms with van der Waals surface area (Å²) in [5.74, 6) is -1.51. The lowest BCUT2D eigenvalue weighted by Gasteiger charge is -2.15. The van der Waals surface area contributed by atoms with Gasteiger partial charge < -0.3 is 16.2 Å². The molecular weight excluding hydrogens is 256 g/mol. The fourth-order valence-electron chi connectivity index (χ4n) is 1.30. The molecule has 0 bridgehead atoms. The second-order valence-corrected chi connectivity index (χ2v) is 4.67. The average Bonchev–Trinajstić information content (AvgIpc) is 2.29. The summed E-state index contributed by atoms with van der Waals surface area (Å²) >= 11 is 5.72. The van der Waals surface area contributed by atoms with E-state index in [2.05, 4.69) is 5.32 Å². The van der Waals surface area contributed by atoms with Crippen LogP contribution in [0, 0.1) is 5.92 Å². The van der Waals surface area contributed by atoms with E-state index >= 15 is 0 Å². The Hall–Kier alpha value is -1.59. The number of nitrogens with one attached hydrogen (secondary N) is 1. The van der Waals surface area contributed by atoms with Crippen molar-refractivity contribution in [3.8, 4) is 0 Å². The Bertz CT molecular complexity index is 474. The van der Waals surface area contributed by atoms with Crippen molar-refractivity contribution >= 4 is 29.2 Å². The molecule has 0 fully saturated rings. The van der Waals surface area contributed by atoms with Gasteiger partial charge in [-0.2, -0.15) is 0 Å². The molecule has 0 heterocycles. The predicted molar refractivity (Wildman–Crippen MR) is 69.9 cm³/mol. The number of aromatic carboxylic acids is 1. The number of halogens is 1. The zero-order valence-corrected chi connectivity index (χ0v) is 10.9. The van der Waals surface area contributed by atoms with Gasteiger partial charge in [0.15, 0.2) is 0 Å². The van der Waals surface area contributed by atoms with E-state index in [0.29, 0.717) is 5.69 Å². The van der Waals surface area contributed by atoms with Gasteiger partial charge in [0, 0.05) is 5.69 Å². The molecule has 1 amide bonds. The van der Waals surface area contributed by atoms with Crippen molar-refractivity contribution in [2.75, 3.05) is 5.32 Å². The maximum absolute atomic E-state index is 11.7. The van der Waals surface area contributed by atoms with E-state index in [1.165, 1.54) is 18.2 Å². The van der Waals surface area contributed by atoms with Crippen molar-refractivity contribution in [1.82, 2.24) is 0 Å². The lowest BCUT2D eigenvalue weighted by Crippen LogP contribution is -2.39. The van der Waals surface area contributed by atoms with Crippen LogP contribution < -0.4 is 11.1 Å². The largest absolute Gasteiger partial charge is 0.478 e. The number of benzene rings is 1. The molecule has 0 aliphatic heterocycles. The van der Waals surface area contributed by atoms with Crippen LogP contribution in [0.1, 0.15) is 24.2 Å². The van der Waals surface area contributed by atoms with Crippen LogP contribution in [0.2, 0.25) is 5.02 Å². The van der Waals surface area contributed by atoms with Crippen LogP contribution in [0.5, 0.6) is 0 Å². The number of carbonyl (C=O) groups excluding carboxylic acids is 1. The maximum Gasteiger partial charge on any atom is 0.337 e. The molecule has 1 aromatic carbocycles. The van der Waals surface area contributed by atoms with Crippen molar-refractivity contribution in [2.24, 2.45) is 11.7 Å². The van der Waals surface area contributed by atoms with E-state index in [-0.39, 0.29) is 22.4 Å². The molecule has 6 heteroatoms. The van der Waals surface area contributed by atoms with Crippen molar-refractivity contribution in [3.05, 3.63) is 28.8 Å². The minimum absolute atomic E-state index is 0.00348. The lowest BCUT2D eigenvalue weighted by atomic mass is 10.0. The first kappa shape index (κ1) is 14.5. The van der Waals surface area contributed by atoms with E-state index in [0.717, 1.165) is 0 Å². The number of nitrogens with two attached hydrogens (primary N) is 1. The number of anilines is 1. The highest BCUT2D eigenvalue weighted by Gasteiger charge is 2.18. The molecule has 18 heavy (non-hydrogen) atoms. The van der Waals surface area contributed by atoms with Crippen LogP contribution >= 0.6 is 11.6 Å². The molecule has 0 saturated heterocycles. The first-order valence-electron chi connectivity index (χ1n) is 5.42. The number of carbonyl (C=O) groups is 2. The summed E-state index contributed by atoms with van der Waals surface area (Å²) in [6, 6.07) is 3.60. The molecule has 4 N–H and O–H groups in total. The zero-order valence-electron chi connectivity index (χ0n) is 10.1. The number of carboxylic acids is 1. The van der Waals surface area contributed by atoms with Crippen LogP contribution in [0.25, 0.3) is 0 Å². The second kappa shape index (κ2) is 5.84. The molecule has 0 aliphatic carbocycles. The second-order valence-electron chi connectivity index (χ2n) is 4.26. The molecule has 0 aromatic heterocycles. The molecule has 0 saturated carbocycles. The number of rotatable bonds is 4. The Labute approximate surface area is 110 Å². The van der Waals surface area contributed by atoms with Gasteiger partial charge in [-0.3, -0.25) is 4.79 Å². The van der Waals surface area contributed by atoms with E-state index in [9.17, 15) is 9.59 Å². The predicted octanol–water partition coefficient (Wildman–Crippen LogP) is 1.96. The highest BCUT2D eigenvalue weighted by molar-refractivity contribution is 6.33. The van der Waals surface area contributed by atoms with Gasteiger partial charge in [-0.05, 0) is 24.1 Å². The van der Waals surface area contributed by atoms with Gasteiger partial charge in [-0.25, -0.2) is 4.79 Å². The van der Waals surface area contributed by atoms with Gasteiger partial charge in [0.1, 0.15) is 0 Å². The fraction of sp³-hybridized carbons (Fsp3) is 0.333. The molecule has 0 unspecified atom stereocenters. The van der Waals surface area contributed by atoms with Crippen molar-refractivity contribution in [1.29, 1.82) is 0 Å². The van der Waals surface area contributed by atoms with Gasteiger partial charge >= 0.3 is 5.97 Å². The van der Waals surface area contributed by atoms with E-state index < -0.39 is 12.0 Å². The topological polar surface area (TPSA) is 92.4 Å². The highest BCUT2D eigenvalue weighted by Crippen LogP contribution is 2.20. The molecule has 1 rings (SSSR count). The Balaban J connectivity index is 2.89. The Morgan fingerprint density at radius 3 is 2.50 bits per heavy atom. The third kappa shape index (κ3) is 3.45. The van der Waals surface area contributed by atoms with Gasteiger partial charge in [0.2, 0.25) is 5.91 Å². The minimum Gasteiger partial charge on any atom is -0.478 e. The fourth-order valence-corrected chi connectivity index (χ4v) is 1.49. The molecule has 0 spiro atoms. The van der Waals surface area contributed by atoms with E-state index in [1.807, 2.05) is 13.8 Å². The summed E-state index contributed by atoms with van der Waals surface area (Å²) < 4.78 is 0. The first-order valence-corrected chi connectivity index (χ1v) is 5.80. The third-order valence-corrected chi connectivity index (χ3v) is 2.81. The van der Waals surface area contributed by atoms with Gasteiger partial charge in [-0.15, -0.1) is 0 Å².